The fraction of sp³-hybridized carbons (Fsp3) is 0.600. The fourth-order valence-corrected chi connectivity index (χ4v) is 4.30. The number of nitrogens with zero attached hydrogens (tertiary/aromatic N) is 2. The van der Waals surface area contributed by atoms with Crippen LogP contribution in [0.15, 0.2) is 18.2 Å². The van der Waals surface area contributed by atoms with Crippen molar-refractivity contribution in [1.29, 1.82) is 0 Å². The van der Waals surface area contributed by atoms with Gasteiger partial charge in [0.1, 0.15) is 5.82 Å². The zero-order valence-electron chi connectivity index (χ0n) is 15.8. The van der Waals surface area contributed by atoms with Crippen molar-refractivity contribution in [3.63, 3.8) is 0 Å². The van der Waals surface area contributed by atoms with Crippen LogP contribution < -0.4 is 5.32 Å². The van der Waals surface area contributed by atoms with Gasteiger partial charge in [0, 0.05) is 32.6 Å². The smallest absolute Gasteiger partial charge is 0.407 e. The van der Waals surface area contributed by atoms with Gasteiger partial charge in [0.2, 0.25) is 5.91 Å². The Kier molecular flexibility index (Phi) is 6.31. The molecule has 2 saturated heterocycles. The minimum atomic E-state index is -0.932. The van der Waals surface area contributed by atoms with Crippen LogP contribution in [0.2, 0.25) is 0 Å². The zero-order chi connectivity index (χ0) is 19.4. The molecule has 7 heteroatoms. The Morgan fingerprint density at radius 1 is 1.37 bits per heavy atom. The van der Waals surface area contributed by atoms with Crippen LogP contribution in [0.4, 0.5) is 9.18 Å². The number of hydrogen-bond donors (Lipinski definition) is 2. The predicted octanol–water partition coefficient (Wildman–Crippen LogP) is 2.78. The summed E-state index contributed by atoms with van der Waals surface area (Å²) in [4.78, 5) is 26.7. The number of benzene rings is 1. The maximum Gasteiger partial charge on any atom is 0.407 e. The number of nitrogens with one attached hydrogen (secondary N) is 1. The first-order chi connectivity index (χ1) is 13.0. The summed E-state index contributed by atoms with van der Waals surface area (Å²) in [7, 11) is 0. The molecule has 3 rings (SSSR count). The molecule has 2 amide bonds. The van der Waals surface area contributed by atoms with E-state index in [2.05, 4.69) is 5.32 Å². The van der Waals surface area contributed by atoms with E-state index in [1.54, 1.807) is 6.07 Å². The molecule has 2 atom stereocenters. The number of amides is 2. The second kappa shape index (κ2) is 8.69. The van der Waals surface area contributed by atoms with Crippen LogP contribution >= 0.6 is 0 Å². The molecular formula is C20H28FN3O3. The monoisotopic (exact) mass is 377 g/mol. The van der Waals surface area contributed by atoms with E-state index < -0.39 is 6.09 Å². The lowest BCUT2D eigenvalue weighted by Gasteiger charge is -2.28. The molecular weight excluding hydrogens is 349 g/mol. The van der Waals surface area contributed by atoms with Crippen LogP contribution in [0.5, 0.6) is 0 Å². The lowest BCUT2D eigenvalue weighted by Crippen LogP contribution is -2.34. The summed E-state index contributed by atoms with van der Waals surface area (Å²) in [5.41, 5.74) is 1.66. The highest BCUT2D eigenvalue weighted by Gasteiger charge is 2.38. The minimum absolute atomic E-state index is 0.152. The summed E-state index contributed by atoms with van der Waals surface area (Å²) >= 11 is 0. The van der Waals surface area contributed by atoms with Crippen LogP contribution in [0.25, 0.3) is 0 Å². The molecule has 0 unspecified atom stereocenters. The molecule has 0 bridgehead atoms. The average Bonchev–Trinajstić information content (AvgIpc) is 3.21. The lowest BCUT2D eigenvalue weighted by atomic mass is 9.90. The largest absolute Gasteiger partial charge is 0.465 e. The van der Waals surface area contributed by atoms with Gasteiger partial charge >= 0.3 is 6.09 Å². The van der Waals surface area contributed by atoms with Gasteiger partial charge < -0.3 is 20.2 Å². The van der Waals surface area contributed by atoms with Gasteiger partial charge in [-0.2, -0.15) is 0 Å². The third-order valence-corrected chi connectivity index (χ3v) is 5.68. The Hall–Kier alpha value is -2.15. The van der Waals surface area contributed by atoms with E-state index in [1.165, 1.54) is 17.0 Å². The summed E-state index contributed by atoms with van der Waals surface area (Å²) in [5, 5.41) is 13.0. The zero-order valence-corrected chi connectivity index (χ0v) is 15.8. The van der Waals surface area contributed by atoms with Crippen molar-refractivity contribution in [2.45, 2.75) is 38.6 Å². The third kappa shape index (κ3) is 4.58. The fourth-order valence-electron chi connectivity index (χ4n) is 4.30. The molecule has 27 heavy (non-hydrogen) atoms. The molecule has 0 radical (unpaired) electrons. The Morgan fingerprint density at radius 3 is 2.85 bits per heavy atom. The van der Waals surface area contributed by atoms with E-state index in [-0.39, 0.29) is 23.7 Å². The van der Waals surface area contributed by atoms with E-state index in [9.17, 15) is 19.1 Å². The Bertz CT molecular complexity index is 697. The van der Waals surface area contributed by atoms with Crippen molar-refractivity contribution in [1.82, 2.24) is 15.1 Å². The highest BCUT2D eigenvalue weighted by Crippen LogP contribution is 2.38. The first-order valence-electron chi connectivity index (χ1n) is 9.71. The first-order valence-corrected chi connectivity index (χ1v) is 9.71. The highest BCUT2D eigenvalue weighted by molar-refractivity contribution is 5.78. The lowest BCUT2D eigenvalue weighted by molar-refractivity contribution is -0.127. The van der Waals surface area contributed by atoms with E-state index >= 15 is 0 Å². The molecule has 2 aliphatic rings. The summed E-state index contributed by atoms with van der Waals surface area (Å²) in [6.45, 7) is 5.46. The number of likely N-dealkylation sites (tertiary alicyclic amines) is 2. The first kappa shape index (κ1) is 19.6. The van der Waals surface area contributed by atoms with Crippen LogP contribution in [0, 0.1) is 18.7 Å². The summed E-state index contributed by atoms with van der Waals surface area (Å²) in [6.07, 6.45) is 2.36. The Labute approximate surface area is 159 Å². The molecule has 2 heterocycles. The van der Waals surface area contributed by atoms with Crippen LogP contribution in [0.3, 0.4) is 0 Å². The summed E-state index contributed by atoms with van der Waals surface area (Å²) in [5.74, 6) is 0.0932. The SMILES string of the molecule is Cc1cc(F)ccc1[C@H]1[C@H](CNCCCN2CCCC2=O)CCN1C(=O)O. The van der Waals surface area contributed by atoms with Gasteiger partial charge in [-0.15, -0.1) is 0 Å². The van der Waals surface area contributed by atoms with Crippen molar-refractivity contribution >= 4 is 12.0 Å². The molecule has 0 saturated carbocycles. The normalized spacial score (nSPS) is 22.7. The number of carboxylic acid groups (broad SMARTS) is 1. The number of carbonyl (C=O) groups excluding carboxylic acids is 1. The van der Waals surface area contributed by atoms with Gasteiger partial charge in [-0.1, -0.05) is 6.07 Å². The molecule has 2 N–H and O–H groups in total. The quantitative estimate of drug-likeness (QED) is 0.717. The summed E-state index contributed by atoms with van der Waals surface area (Å²) in [6, 6.07) is 4.32. The van der Waals surface area contributed by atoms with Gasteiger partial charge in [-0.3, -0.25) is 4.79 Å². The number of rotatable bonds is 7. The average molecular weight is 377 g/mol. The van der Waals surface area contributed by atoms with Crippen molar-refractivity contribution in [2.24, 2.45) is 5.92 Å². The van der Waals surface area contributed by atoms with E-state index in [0.717, 1.165) is 50.0 Å². The van der Waals surface area contributed by atoms with Crippen molar-refractivity contribution in [3.8, 4) is 0 Å². The second-order valence-corrected chi connectivity index (χ2v) is 7.51. The van der Waals surface area contributed by atoms with Crippen LogP contribution in [-0.4, -0.2) is 59.6 Å². The van der Waals surface area contributed by atoms with Gasteiger partial charge in [-0.05, 0) is 61.9 Å². The molecule has 2 fully saturated rings. The molecule has 2 aliphatic heterocycles. The van der Waals surface area contributed by atoms with Gasteiger partial charge in [0.25, 0.3) is 0 Å². The number of halogens is 1. The van der Waals surface area contributed by atoms with Crippen LogP contribution in [-0.2, 0) is 4.79 Å². The van der Waals surface area contributed by atoms with Gasteiger partial charge in [0.15, 0.2) is 0 Å². The topological polar surface area (TPSA) is 72.9 Å². The molecule has 0 aliphatic carbocycles. The maximum atomic E-state index is 13.5. The molecule has 1 aromatic carbocycles. The Balaban J connectivity index is 1.56. The number of hydrogen-bond acceptors (Lipinski definition) is 3. The maximum absolute atomic E-state index is 13.5. The van der Waals surface area contributed by atoms with E-state index in [4.69, 9.17) is 0 Å². The van der Waals surface area contributed by atoms with Gasteiger partial charge in [-0.25, -0.2) is 9.18 Å². The van der Waals surface area contributed by atoms with E-state index in [0.29, 0.717) is 19.5 Å². The van der Waals surface area contributed by atoms with Crippen molar-refractivity contribution in [2.75, 3.05) is 32.7 Å². The minimum Gasteiger partial charge on any atom is -0.465 e. The second-order valence-electron chi connectivity index (χ2n) is 7.51. The summed E-state index contributed by atoms with van der Waals surface area (Å²) < 4.78 is 13.5. The molecule has 6 nitrogen and oxygen atoms in total. The third-order valence-electron chi connectivity index (χ3n) is 5.68. The van der Waals surface area contributed by atoms with Crippen molar-refractivity contribution < 1.29 is 19.1 Å². The Morgan fingerprint density at radius 2 is 2.19 bits per heavy atom. The van der Waals surface area contributed by atoms with Crippen molar-refractivity contribution in [3.05, 3.63) is 35.1 Å². The van der Waals surface area contributed by atoms with E-state index in [1.807, 2.05) is 11.8 Å². The standard InChI is InChI=1S/C20H28FN3O3/c1-14-12-16(21)5-6-17(14)19-15(7-11-24(19)20(26)27)13-22-8-3-10-23-9-2-4-18(23)25/h5-6,12,15,19,22H,2-4,7-11,13H2,1H3,(H,26,27)/t15-,19+/m0/s1. The molecule has 148 valence electrons. The highest BCUT2D eigenvalue weighted by atomic mass is 19.1. The number of carbonyl (C=O) groups is 2. The van der Waals surface area contributed by atoms with Crippen LogP contribution in [0.1, 0.15) is 42.9 Å². The molecule has 0 spiro atoms. The predicted molar refractivity (Wildman–Crippen MR) is 100 cm³/mol. The van der Waals surface area contributed by atoms with Gasteiger partial charge in [0.05, 0.1) is 6.04 Å². The molecule has 0 aromatic heterocycles. The molecule has 1 aromatic rings. The number of aryl methyl sites for hydroxylation is 1.